The van der Waals surface area contributed by atoms with Crippen LogP contribution in [0.2, 0.25) is 0 Å². The highest BCUT2D eigenvalue weighted by atomic mass is 79.9. The van der Waals surface area contributed by atoms with Gasteiger partial charge in [0.1, 0.15) is 5.69 Å². The fraction of sp³-hybridized carbons (Fsp3) is 0.0588. The van der Waals surface area contributed by atoms with Gasteiger partial charge in [0.15, 0.2) is 0 Å². The summed E-state index contributed by atoms with van der Waals surface area (Å²) in [4.78, 5) is 15.4. The van der Waals surface area contributed by atoms with E-state index in [9.17, 15) is 4.79 Å². The molecule has 0 aliphatic carbocycles. The smallest absolute Gasteiger partial charge is 0.272 e. The summed E-state index contributed by atoms with van der Waals surface area (Å²) in [5.74, 6) is -0.194. The molecule has 3 rings (SSSR count). The normalized spacial score (nSPS) is 10.4. The van der Waals surface area contributed by atoms with Crippen LogP contribution in [0.1, 0.15) is 16.1 Å². The van der Waals surface area contributed by atoms with Crippen LogP contribution in [0.4, 0.5) is 5.69 Å². The molecule has 0 bridgehead atoms. The summed E-state index contributed by atoms with van der Waals surface area (Å²) in [7, 11) is 0. The second-order valence-corrected chi connectivity index (χ2v) is 5.82. The van der Waals surface area contributed by atoms with Gasteiger partial charge in [-0.25, -0.2) is 0 Å². The van der Waals surface area contributed by atoms with E-state index >= 15 is 0 Å². The number of rotatable bonds is 3. The Balaban J connectivity index is 1.79. The van der Waals surface area contributed by atoms with Crippen LogP contribution in [0.5, 0.6) is 0 Å². The first kappa shape index (κ1) is 14.4. The lowest BCUT2D eigenvalue weighted by Crippen LogP contribution is -2.12. The number of fused-ring (bicyclic) bond motifs is 1. The van der Waals surface area contributed by atoms with Crippen molar-refractivity contribution >= 4 is 38.4 Å². The minimum Gasteiger partial charge on any atom is -0.350 e. The molecule has 0 aliphatic heterocycles. The Bertz CT molecular complexity index is 875. The molecule has 4 nitrogen and oxygen atoms in total. The molecular weight excluding hydrogens is 342 g/mol. The van der Waals surface area contributed by atoms with Gasteiger partial charge in [-0.05, 0) is 35.9 Å². The van der Waals surface area contributed by atoms with Crippen LogP contribution in [0.3, 0.4) is 0 Å². The lowest BCUT2D eigenvalue weighted by atomic mass is 10.1. The van der Waals surface area contributed by atoms with Crippen molar-refractivity contribution in [2.45, 2.75) is 6.42 Å². The van der Waals surface area contributed by atoms with Crippen LogP contribution in [0, 0.1) is 11.3 Å². The van der Waals surface area contributed by atoms with Crippen LogP contribution >= 0.6 is 15.9 Å². The lowest BCUT2D eigenvalue weighted by Gasteiger charge is -2.04. The standard InChI is InChI=1S/C17H12BrN3O/c18-13-4-3-12-9-16(21-15(12)10-13)17(22)20-14-5-1-11(2-6-14)7-8-19/h1-6,9-10,21H,7H2,(H,20,22). The number of nitrogens with one attached hydrogen (secondary N) is 2. The van der Waals surface area contributed by atoms with E-state index in [1.54, 1.807) is 12.1 Å². The third-order valence-electron chi connectivity index (χ3n) is 3.32. The first-order valence-corrected chi connectivity index (χ1v) is 7.50. The van der Waals surface area contributed by atoms with Gasteiger partial charge in [-0.15, -0.1) is 0 Å². The molecular formula is C17H12BrN3O. The number of anilines is 1. The summed E-state index contributed by atoms with van der Waals surface area (Å²) >= 11 is 3.41. The molecule has 0 fully saturated rings. The molecule has 1 amide bonds. The summed E-state index contributed by atoms with van der Waals surface area (Å²) < 4.78 is 0.960. The van der Waals surface area contributed by atoms with E-state index in [0.717, 1.165) is 20.9 Å². The minimum atomic E-state index is -0.194. The van der Waals surface area contributed by atoms with Crippen molar-refractivity contribution in [3.63, 3.8) is 0 Å². The maximum absolute atomic E-state index is 12.3. The molecule has 2 aromatic carbocycles. The Morgan fingerprint density at radius 3 is 2.68 bits per heavy atom. The zero-order chi connectivity index (χ0) is 15.5. The lowest BCUT2D eigenvalue weighted by molar-refractivity contribution is 0.102. The second kappa shape index (κ2) is 6.04. The predicted molar refractivity (Wildman–Crippen MR) is 89.7 cm³/mol. The van der Waals surface area contributed by atoms with Gasteiger partial charge in [-0.1, -0.05) is 34.1 Å². The number of aromatic amines is 1. The number of carbonyl (C=O) groups is 1. The Labute approximate surface area is 135 Å². The summed E-state index contributed by atoms with van der Waals surface area (Å²) in [6.07, 6.45) is 0.366. The monoisotopic (exact) mass is 353 g/mol. The van der Waals surface area contributed by atoms with Gasteiger partial charge in [0.2, 0.25) is 0 Å². The van der Waals surface area contributed by atoms with Gasteiger partial charge in [0.25, 0.3) is 5.91 Å². The van der Waals surface area contributed by atoms with E-state index in [1.165, 1.54) is 0 Å². The molecule has 0 saturated heterocycles. The van der Waals surface area contributed by atoms with E-state index in [4.69, 9.17) is 5.26 Å². The molecule has 0 radical (unpaired) electrons. The molecule has 1 aromatic heterocycles. The highest BCUT2D eigenvalue weighted by Crippen LogP contribution is 2.21. The van der Waals surface area contributed by atoms with Crippen molar-refractivity contribution in [1.82, 2.24) is 4.98 Å². The van der Waals surface area contributed by atoms with Crippen LogP contribution < -0.4 is 5.32 Å². The Morgan fingerprint density at radius 1 is 1.18 bits per heavy atom. The van der Waals surface area contributed by atoms with Crippen molar-refractivity contribution in [2.75, 3.05) is 5.32 Å². The van der Waals surface area contributed by atoms with E-state index in [-0.39, 0.29) is 5.91 Å². The number of benzene rings is 2. The quantitative estimate of drug-likeness (QED) is 0.738. The molecule has 0 spiro atoms. The zero-order valence-corrected chi connectivity index (χ0v) is 13.1. The average Bonchev–Trinajstić information content (AvgIpc) is 2.92. The summed E-state index contributed by atoms with van der Waals surface area (Å²) in [6, 6.07) is 17.0. The molecule has 0 unspecified atom stereocenters. The number of hydrogen-bond donors (Lipinski definition) is 2. The van der Waals surface area contributed by atoms with Crippen LogP contribution in [0.15, 0.2) is 53.0 Å². The average molecular weight is 354 g/mol. The molecule has 108 valence electrons. The van der Waals surface area contributed by atoms with Crippen LogP contribution in [-0.4, -0.2) is 10.9 Å². The highest BCUT2D eigenvalue weighted by molar-refractivity contribution is 9.10. The number of halogens is 1. The number of H-pyrrole nitrogens is 1. The topological polar surface area (TPSA) is 68.7 Å². The predicted octanol–water partition coefficient (Wildman–Crippen LogP) is 4.25. The van der Waals surface area contributed by atoms with Gasteiger partial charge < -0.3 is 10.3 Å². The van der Waals surface area contributed by atoms with Crippen molar-refractivity contribution in [3.05, 3.63) is 64.3 Å². The molecule has 5 heteroatoms. The largest absolute Gasteiger partial charge is 0.350 e. The Kier molecular flexibility index (Phi) is 3.94. The summed E-state index contributed by atoms with van der Waals surface area (Å²) in [5.41, 5.74) is 3.04. The van der Waals surface area contributed by atoms with E-state index in [0.29, 0.717) is 17.8 Å². The molecule has 22 heavy (non-hydrogen) atoms. The molecule has 3 aromatic rings. The van der Waals surface area contributed by atoms with Gasteiger partial charge in [0.05, 0.1) is 12.5 Å². The van der Waals surface area contributed by atoms with Crippen molar-refractivity contribution in [3.8, 4) is 6.07 Å². The van der Waals surface area contributed by atoms with Crippen molar-refractivity contribution < 1.29 is 4.79 Å². The number of nitrogens with zero attached hydrogens (tertiary/aromatic N) is 1. The number of nitriles is 1. The SMILES string of the molecule is N#CCc1ccc(NC(=O)c2cc3ccc(Br)cc3[nH]2)cc1. The Hall–Kier alpha value is -2.58. The maximum Gasteiger partial charge on any atom is 0.272 e. The highest BCUT2D eigenvalue weighted by Gasteiger charge is 2.10. The minimum absolute atomic E-state index is 0.194. The first-order chi connectivity index (χ1) is 10.7. The molecule has 0 atom stereocenters. The number of carbonyl (C=O) groups excluding carboxylic acids is 1. The second-order valence-electron chi connectivity index (χ2n) is 4.90. The van der Waals surface area contributed by atoms with Crippen LogP contribution in [-0.2, 0) is 6.42 Å². The maximum atomic E-state index is 12.3. The third-order valence-corrected chi connectivity index (χ3v) is 3.82. The van der Waals surface area contributed by atoms with Gasteiger partial charge >= 0.3 is 0 Å². The van der Waals surface area contributed by atoms with E-state index in [2.05, 4.69) is 32.3 Å². The Morgan fingerprint density at radius 2 is 1.95 bits per heavy atom. The van der Waals surface area contributed by atoms with E-state index < -0.39 is 0 Å². The van der Waals surface area contributed by atoms with Crippen molar-refractivity contribution in [2.24, 2.45) is 0 Å². The first-order valence-electron chi connectivity index (χ1n) is 6.71. The fourth-order valence-electron chi connectivity index (χ4n) is 2.22. The molecule has 1 heterocycles. The van der Waals surface area contributed by atoms with Crippen LogP contribution in [0.25, 0.3) is 10.9 Å². The molecule has 0 saturated carbocycles. The number of aromatic nitrogens is 1. The number of hydrogen-bond acceptors (Lipinski definition) is 2. The van der Waals surface area contributed by atoms with Gasteiger partial charge in [-0.2, -0.15) is 5.26 Å². The molecule has 2 N–H and O–H groups in total. The fourth-order valence-corrected chi connectivity index (χ4v) is 2.58. The molecule has 0 aliphatic rings. The summed E-state index contributed by atoms with van der Waals surface area (Å²) in [5, 5.41) is 12.5. The van der Waals surface area contributed by atoms with E-state index in [1.807, 2.05) is 36.4 Å². The third kappa shape index (κ3) is 3.02. The summed E-state index contributed by atoms with van der Waals surface area (Å²) in [6.45, 7) is 0. The van der Waals surface area contributed by atoms with Crippen molar-refractivity contribution in [1.29, 1.82) is 5.26 Å². The van der Waals surface area contributed by atoms with Gasteiger partial charge in [0, 0.05) is 21.1 Å². The zero-order valence-electron chi connectivity index (χ0n) is 11.6. The van der Waals surface area contributed by atoms with Gasteiger partial charge in [-0.3, -0.25) is 4.79 Å². The number of amides is 1.